The predicted molar refractivity (Wildman–Crippen MR) is 96.6 cm³/mol. The summed E-state index contributed by atoms with van der Waals surface area (Å²) in [6.45, 7) is 2.03. The van der Waals surface area contributed by atoms with Crippen molar-refractivity contribution in [3.05, 3.63) is 40.8 Å². The molecule has 1 atom stereocenters. The second kappa shape index (κ2) is 6.90. The Bertz CT molecular complexity index is 907. The van der Waals surface area contributed by atoms with Crippen LogP contribution >= 0.6 is 0 Å². The summed E-state index contributed by atoms with van der Waals surface area (Å²) in [5, 5.41) is 0. The molecule has 2 saturated heterocycles. The molecule has 1 aromatic carbocycles. The Kier molecular flexibility index (Phi) is 4.44. The molecule has 3 heterocycles. The quantitative estimate of drug-likeness (QED) is 0.824. The predicted octanol–water partition coefficient (Wildman–Crippen LogP) is 1.01. The van der Waals surface area contributed by atoms with Gasteiger partial charge in [0.25, 0.3) is 5.56 Å². The molecule has 0 aliphatic carbocycles. The van der Waals surface area contributed by atoms with Gasteiger partial charge in [-0.2, -0.15) is 0 Å². The number of nitrogens with zero attached hydrogens (tertiary/aromatic N) is 4. The number of para-hydroxylation sites is 2. The number of benzene rings is 1. The summed E-state index contributed by atoms with van der Waals surface area (Å²) in [6, 6.07) is 7.42. The van der Waals surface area contributed by atoms with Crippen molar-refractivity contribution in [3.63, 3.8) is 0 Å². The van der Waals surface area contributed by atoms with Crippen molar-refractivity contribution in [2.24, 2.45) is 0 Å². The van der Waals surface area contributed by atoms with Crippen LogP contribution in [-0.4, -0.2) is 56.8 Å². The summed E-state index contributed by atoms with van der Waals surface area (Å²) in [7, 11) is 0. The normalized spacial score (nSPS) is 20.8. The van der Waals surface area contributed by atoms with E-state index in [2.05, 4.69) is 4.98 Å². The van der Waals surface area contributed by atoms with E-state index in [1.165, 1.54) is 10.8 Å². The number of piperidine rings is 1. The molecule has 2 aromatic rings. The van der Waals surface area contributed by atoms with E-state index in [4.69, 9.17) is 0 Å². The van der Waals surface area contributed by atoms with Crippen molar-refractivity contribution >= 4 is 22.8 Å². The largest absolute Gasteiger partial charge is 0.339 e. The van der Waals surface area contributed by atoms with Crippen molar-refractivity contribution in [2.75, 3.05) is 19.6 Å². The van der Waals surface area contributed by atoms with Crippen molar-refractivity contribution < 1.29 is 9.59 Å². The van der Waals surface area contributed by atoms with Gasteiger partial charge in [0.1, 0.15) is 6.54 Å². The average molecular weight is 354 g/mol. The summed E-state index contributed by atoms with van der Waals surface area (Å²) in [4.78, 5) is 44.9. The molecular formula is C19H22N4O3. The van der Waals surface area contributed by atoms with Crippen LogP contribution in [0.25, 0.3) is 11.0 Å². The smallest absolute Gasteiger partial charge is 0.269 e. The lowest BCUT2D eigenvalue weighted by atomic mass is 10.0. The highest BCUT2D eigenvalue weighted by Crippen LogP contribution is 2.21. The Labute approximate surface area is 151 Å². The van der Waals surface area contributed by atoms with Crippen LogP contribution in [0, 0.1) is 0 Å². The van der Waals surface area contributed by atoms with Crippen LogP contribution in [0.2, 0.25) is 0 Å². The topological polar surface area (TPSA) is 75.5 Å². The molecule has 26 heavy (non-hydrogen) atoms. The molecule has 1 unspecified atom stereocenters. The third kappa shape index (κ3) is 3.09. The first-order chi connectivity index (χ1) is 12.6. The Hall–Kier alpha value is -2.70. The first-order valence-electron chi connectivity index (χ1n) is 9.15. The number of hydrogen-bond acceptors (Lipinski definition) is 4. The lowest BCUT2D eigenvalue weighted by Gasteiger charge is -2.37. The lowest BCUT2D eigenvalue weighted by molar-refractivity contribution is -0.137. The molecule has 1 aromatic heterocycles. The number of likely N-dealkylation sites (tertiary alicyclic amines) is 2. The van der Waals surface area contributed by atoms with E-state index in [-0.39, 0.29) is 30.0 Å². The van der Waals surface area contributed by atoms with Gasteiger partial charge in [0.05, 0.1) is 17.2 Å². The summed E-state index contributed by atoms with van der Waals surface area (Å²) >= 11 is 0. The second-order valence-corrected chi connectivity index (χ2v) is 7.00. The molecule has 2 fully saturated rings. The third-order valence-electron chi connectivity index (χ3n) is 5.35. The Balaban J connectivity index is 1.52. The van der Waals surface area contributed by atoms with Gasteiger partial charge >= 0.3 is 0 Å². The summed E-state index contributed by atoms with van der Waals surface area (Å²) < 4.78 is 1.48. The molecule has 2 aliphatic heterocycles. The minimum atomic E-state index is -0.277. The van der Waals surface area contributed by atoms with Gasteiger partial charge < -0.3 is 9.80 Å². The maximum Gasteiger partial charge on any atom is 0.269 e. The molecular weight excluding hydrogens is 332 g/mol. The van der Waals surface area contributed by atoms with Gasteiger partial charge in [-0.25, -0.2) is 4.98 Å². The van der Waals surface area contributed by atoms with E-state index in [9.17, 15) is 14.4 Å². The van der Waals surface area contributed by atoms with E-state index in [1.807, 2.05) is 23.1 Å². The van der Waals surface area contributed by atoms with E-state index in [0.29, 0.717) is 30.5 Å². The molecule has 0 saturated carbocycles. The first kappa shape index (κ1) is 16.8. The summed E-state index contributed by atoms with van der Waals surface area (Å²) in [6.07, 6.45) is 4.60. The number of carbonyl (C=O) groups is 2. The zero-order valence-corrected chi connectivity index (χ0v) is 14.6. The number of amides is 2. The monoisotopic (exact) mass is 354 g/mol. The van der Waals surface area contributed by atoms with E-state index in [1.54, 1.807) is 11.0 Å². The van der Waals surface area contributed by atoms with Crippen molar-refractivity contribution in [2.45, 2.75) is 38.3 Å². The van der Waals surface area contributed by atoms with E-state index in [0.717, 1.165) is 25.8 Å². The van der Waals surface area contributed by atoms with Crippen LogP contribution in [0.3, 0.4) is 0 Å². The van der Waals surface area contributed by atoms with Gasteiger partial charge in [-0.3, -0.25) is 19.0 Å². The Morgan fingerprint density at radius 3 is 2.81 bits per heavy atom. The third-order valence-corrected chi connectivity index (χ3v) is 5.35. The maximum absolute atomic E-state index is 12.8. The Morgan fingerprint density at radius 1 is 1.15 bits per heavy atom. The van der Waals surface area contributed by atoms with Crippen LogP contribution in [-0.2, 0) is 16.1 Å². The minimum Gasteiger partial charge on any atom is -0.339 e. The number of hydrogen-bond donors (Lipinski definition) is 0. The molecule has 0 radical (unpaired) electrons. The van der Waals surface area contributed by atoms with Gasteiger partial charge in [0, 0.05) is 32.1 Å². The fourth-order valence-electron chi connectivity index (χ4n) is 4.00. The summed E-state index contributed by atoms with van der Waals surface area (Å²) in [5.41, 5.74) is 1.08. The summed E-state index contributed by atoms with van der Waals surface area (Å²) in [5.74, 6) is 0.112. The minimum absolute atomic E-state index is 0.00251. The highest BCUT2D eigenvalue weighted by atomic mass is 16.2. The van der Waals surface area contributed by atoms with Gasteiger partial charge in [-0.15, -0.1) is 0 Å². The van der Waals surface area contributed by atoms with Gasteiger partial charge in [-0.1, -0.05) is 12.1 Å². The van der Waals surface area contributed by atoms with Crippen LogP contribution < -0.4 is 5.56 Å². The SMILES string of the molecule is O=C(Cn1c(=O)cnc2ccccc21)N1CCCC(N2CCCC2=O)C1. The maximum atomic E-state index is 12.8. The molecule has 0 N–H and O–H groups in total. The molecule has 2 aliphatic rings. The highest BCUT2D eigenvalue weighted by Gasteiger charge is 2.32. The van der Waals surface area contributed by atoms with Crippen molar-refractivity contribution in [1.82, 2.24) is 19.4 Å². The van der Waals surface area contributed by atoms with Gasteiger partial charge in [0.15, 0.2) is 0 Å². The van der Waals surface area contributed by atoms with Crippen LogP contribution in [0.15, 0.2) is 35.3 Å². The first-order valence-corrected chi connectivity index (χ1v) is 9.15. The zero-order valence-electron chi connectivity index (χ0n) is 14.6. The fraction of sp³-hybridized carbons (Fsp3) is 0.474. The standard InChI is InChI=1S/C19H22N4O3/c24-17-8-4-10-22(17)14-5-3-9-21(12-14)19(26)13-23-16-7-2-1-6-15(16)20-11-18(23)25/h1-2,6-7,11,14H,3-5,8-10,12-13H2. The molecule has 7 heteroatoms. The molecule has 2 amide bonds. The van der Waals surface area contributed by atoms with Crippen molar-refractivity contribution in [1.29, 1.82) is 0 Å². The van der Waals surface area contributed by atoms with Crippen LogP contribution in [0.5, 0.6) is 0 Å². The Morgan fingerprint density at radius 2 is 2.00 bits per heavy atom. The fourth-order valence-corrected chi connectivity index (χ4v) is 4.00. The van der Waals surface area contributed by atoms with Gasteiger partial charge in [-0.05, 0) is 31.4 Å². The average Bonchev–Trinajstić information content (AvgIpc) is 3.10. The lowest BCUT2D eigenvalue weighted by Crippen LogP contribution is -2.51. The van der Waals surface area contributed by atoms with Crippen molar-refractivity contribution in [3.8, 4) is 0 Å². The van der Waals surface area contributed by atoms with Crippen LogP contribution in [0.4, 0.5) is 0 Å². The van der Waals surface area contributed by atoms with Gasteiger partial charge in [0.2, 0.25) is 11.8 Å². The molecule has 0 bridgehead atoms. The molecule has 7 nitrogen and oxygen atoms in total. The molecule has 136 valence electrons. The number of aromatic nitrogens is 2. The van der Waals surface area contributed by atoms with E-state index >= 15 is 0 Å². The zero-order chi connectivity index (χ0) is 18.1. The van der Waals surface area contributed by atoms with E-state index < -0.39 is 0 Å². The highest BCUT2D eigenvalue weighted by molar-refractivity contribution is 5.81. The molecule has 0 spiro atoms. The number of rotatable bonds is 3. The number of fused-ring (bicyclic) bond motifs is 1. The number of carbonyl (C=O) groups excluding carboxylic acids is 2. The molecule has 4 rings (SSSR count). The van der Waals surface area contributed by atoms with Crippen LogP contribution in [0.1, 0.15) is 25.7 Å². The second-order valence-electron chi connectivity index (χ2n) is 7.00.